The largest absolute Gasteiger partial charge is 0.496 e. The predicted octanol–water partition coefficient (Wildman–Crippen LogP) is 7.76. The number of anilines is 2. The van der Waals surface area contributed by atoms with Crippen LogP contribution in [0.2, 0.25) is 0 Å². The highest BCUT2D eigenvalue weighted by molar-refractivity contribution is 6.05. The van der Waals surface area contributed by atoms with Crippen molar-refractivity contribution < 1.29 is 75.8 Å². The predicted molar refractivity (Wildman–Crippen MR) is 254 cm³/mol. The second-order valence-corrected chi connectivity index (χ2v) is 16.0. The molecule has 4 atom stereocenters. The number of methoxy groups -OCH3 is 1. The van der Waals surface area contributed by atoms with Crippen LogP contribution in [0.15, 0.2) is 146 Å². The summed E-state index contributed by atoms with van der Waals surface area (Å²) in [6.45, 7) is -0.443. The molecule has 2 aliphatic rings. The molecule has 2 aliphatic heterocycles. The zero-order valence-electron chi connectivity index (χ0n) is 38.0. The molecule has 6 aromatic rings. The molecule has 0 aliphatic carbocycles. The fraction of sp³-hybridized carbons (Fsp3) is 0.148. The van der Waals surface area contributed by atoms with E-state index in [0.717, 1.165) is 24.3 Å². The number of ether oxygens (including phenoxy) is 7. The van der Waals surface area contributed by atoms with Gasteiger partial charge in [0.2, 0.25) is 0 Å². The quantitative estimate of drug-likeness (QED) is 0.0481. The Hall–Kier alpha value is -8.84. The molecule has 2 heterocycles. The van der Waals surface area contributed by atoms with Gasteiger partial charge in [-0.1, -0.05) is 6.07 Å². The Kier molecular flexibility index (Phi) is 15.6. The molecular weight excluding hydrogens is 939 g/mol. The van der Waals surface area contributed by atoms with Crippen molar-refractivity contribution in [3.63, 3.8) is 0 Å². The first-order valence-corrected chi connectivity index (χ1v) is 22.0. The number of carbonyl (C=O) groups excluding carboxylic acids is 6. The lowest BCUT2D eigenvalue weighted by Gasteiger charge is -2.16. The van der Waals surface area contributed by atoms with Crippen LogP contribution in [0.3, 0.4) is 0 Å². The summed E-state index contributed by atoms with van der Waals surface area (Å²) in [4.78, 5) is 76.5. The maximum atomic E-state index is 13.2. The van der Waals surface area contributed by atoms with Gasteiger partial charge in [-0.3, -0.25) is 9.59 Å². The molecule has 0 unspecified atom stereocenters. The summed E-state index contributed by atoms with van der Waals surface area (Å²) in [5, 5.41) is 15.6. The number of rotatable bonds is 16. The molecule has 2 fully saturated rings. The van der Waals surface area contributed by atoms with Gasteiger partial charge in [-0.25, -0.2) is 28.0 Å². The first kappa shape index (κ1) is 49.6. The van der Waals surface area contributed by atoms with E-state index in [0.29, 0.717) is 33.8 Å². The van der Waals surface area contributed by atoms with Gasteiger partial charge in [0.25, 0.3) is 11.8 Å². The number of carbonyl (C=O) groups is 6. The average molecular weight is 981 g/mol. The van der Waals surface area contributed by atoms with Gasteiger partial charge < -0.3 is 48.9 Å². The van der Waals surface area contributed by atoms with Crippen LogP contribution in [0.25, 0.3) is 12.2 Å². The van der Waals surface area contributed by atoms with Crippen LogP contribution in [-0.2, 0) is 35.1 Å². The summed E-state index contributed by atoms with van der Waals surface area (Å²) in [5.41, 5.74) is 2.98. The third-order valence-electron chi connectivity index (χ3n) is 11.2. The number of nitrogens with one attached hydrogen (secondary N) is 2. The molecule has 0 saturated carbocycles. The smallest absolute Gasteiger partial charge is 0.343 e. The van der Waals surface area contributed by atoms with Crippen LogP contribution in [0.4, 0.5) is 20.2 Å². The van der Waals surface area contributed by atoms with Crippen LogP contribution in [-0.4, -0.2) is 85.5 Å². The Labute approximate surface area is 409 Å². The maximum absolute atomic E-state index is 13.2. The van der Waals surface area contributed by atoms with Crippen LogP contribution in [0.5, 0.6) is 17.2 Å². The molecular formula is C54H42F2N2O14. The highest BCUT2D eigenvalue weighted by Gasteiger charge is 2.51. The molecule has 3 N–H and O–H groups in total. The van der Waals surface area contributed by atoms with E-state index in [-0.39, 0.29) is 47.0 Å². The summed E-state index contributed by atoms with van der Waals surface area (Å²) >= 11 is 0. The molecule has 6 aromatic carbocycles. The number of aliphatic hydroxyl groups excluding tert-OH is 1. The molecule has 18 heteroatoms. The molecule has 0 spiro atoms. The monoisotopic (exact) mass is 980 g/mol. The third-order valence-corrected chi connectivity index (χ3v) is 11.2. The normalized spacial score (nSPS) is 16.9. The Balaban J connectivity index is 0.780. The average Bonchev–Trinajstić information content (AvgIpc) is 3.98. The zero-order chi connectivity index (χ0) is 50.7. The third kappa shape index (κ3) is 12.5. The number of hydrogen-bond acceptors (Lipinski definition) is 14. The second-order valence-electron chi connectivity index (χ2n) is 16.0. The highest BCUT2D eigenvalue weighted by Crippen LogP contribution is 2.32. The minimum absolute atomic E-state index is 0.0112. The molecule has 366 valence electrons. The Morgan fingerprint density at radius 2 is 0.986 bits per heavy atom. The number of fused-ring (bicyclic) bond motifs is 1. The van der Waals surface area contributed by atoms with Crippen molar-refractivity contribution in [3.8, 4) is 17.2 Å². The number of halogens is 2. The summed E-state index contributed by atoms with van der Waals surface area (Å²) in [5.74, 6) is -4.00. The zero-order valence-corrected chi connectivity index (χ0v) is 38.0. The molecule has 2 amide bonds. The number of amides is 2. The van der Waals surface area contributed by atoms with Gasteiger partial charge in [-0.15, -0.1) is 0 Å². The van der Waals surface area contributed by atoms with Crippen molar-refractivity contribution in [2.24, 2.45) is 0 Å². The molecule has 72 heavy (non-hydrogen) atoms. The van der Waals surface area contributed by atoms with E-state index in [2.05, 4.69) is 10.6 Å². The maximum Gasteiger partial charge on any atom is 0.343 e. The topological polar surface area (TPSA) is 211 Å². The lowest BCUT2D eigenvalue weighted by atomic mass is 10.1. The van der Waals surface area contributed by atoms with Crippen molar-refractivity contribution >= 4 is 59.2 Å². The van der Waals surface area contributed by atoms with Gasteiger partial charge in [-0.05, 0) is 145 Å². The molecule has 2 saturated heterocycles. The van der Waals surface area contributed by atoms with Gasteiger partial charge in [0.1, 0.15) is 41.1 Å². The standard InChI is InChI=1S/C54H42F2N2O14/c1-66-44-27-41(58-52(63)34-10-22-43(23-11-34)70-54(65)36-4-16-39(56)17-5-36)19-7-32(44)13-25-48(61)72-46-30-68-49-45(29-67-50(46)49)71-47(60)24-12-31-6-18-40(26-37(31)28-59)57-51(62)33-8-20-42(21-9-33)69-53(64)35-2-14-38(55)15-3-35/h2-27,45-46,49-50,59H,28-30H2,1H3,(H,57,62)(H,58,63)/b24-12+,25-13+/t45-,46+,49-,50-/m1/s1. The minimum atomic E-state index is -0.807. The number of hydrogen-bond donors (Lipinski definition) is 3. The number of benzene rings is 6. The molecule has 0 radical (unpaired) electrons. The minimum Gasteiger partial charge on any atom is -0.496 e. The summed E-state index contributed by atoms with van der Waals surface area (Å²) in [7, 11) is 1.43. The molecule has 0 aromatic heterocycles. The van der Waals surface area contributed by atoms with Crippen LogP contribution < -0.4 is 24.8 Å². The fourth-order valence-electron chi connectivity index (χ4n) is 7.49. The molecule has 16 nitrogen and oxygen atoms in total. The van der Waals surface area contributed by atoms with E-state index < -0.39 is 78.3 Å². The van der Waals surface area contributed by atoms with Gasteiger partial charge in [0, 0.05) is 46.3 Å². The van der Waals surface area contributed by atoms with Crippen molar-refractivity contribution in [1.82, 2.24) is 0 Å². The van der Waals surface area contributed by atoms with Gasteiger partial charge in [0.05, 0.1) is 38.1 Å². The van der Waals surface area contributed by atoms with Crippen molar-refractivity contribution in [2.45, 2.75) is 31.0 Å². The Bertz CT molecular complexity index is 2840. The van der Waals surface area contributed by atoms with Crippen molar-refractivity contribution in [1.29, 1.82) is 0 Å². The summed E-state index contributed by atoms with van der Waals surface area (Å²) in [6, 6.07) is 31.0. The van der Waals surface area contributed by atoms with E-state index in [1.54, 1.807) is 36.4 Å². The number of aliphatic hydroxyl groups is 1. The Morgan fingerprint density at radius 1 is 0.569 bits per heavy atom. The first-order chi connectivity index (χ1) is 34.8. The Morgan fingerprint density at radius 3 is 1.43 bits per heavy atom. The first-order valence-electron chi connectivity index (χ1n) is 22.0. The van der Waals surface area contributed by atoms with Gasteiger partial charge >= 0.3 is 23.9 Å². The van der Waals surface area contributed by atoms with Crippen molar-refractivity contribution in [3.05, 3.63) is 196 Å². The highest BCUT2D eigenvalue weighted by atomic mass is 19.1. The van der Waals surface area contributed by atoms with Gasteiger partial charge in [-0.2, -0.15) is 0 Å². The molecule has 0 bridgehead atoms. The van der Waals surface area contributed by atoms with E-state index in [1.807, 2.05) is 0 Å². The summed E-state index contributed by atoms with van der Waals surface area (Å²) < 4.78 is 65.4. The lowest BCUT2D eigenvalue weighted by molar-refractivity contribution is -0.149. The second kappa shape index (κ2) is 22.7. The SMILES string of the molecule is COc1cc(NC(=O)c2ccc(OC(=O)c3ccc(F)cc3)cc2)ccc1/C=C/C(=O)O[C@H]1CO[C@H]2[C@@H]1OC[C@H]2OC(=O)/C=C/c1ccc(NC(=O)c2ccc(OC(=O)c3ccc(F)cc3)cc2)cc1CO. The summed E-state index contributed by atoms with van der Waals surface area (Å²) in [6.07, 6.45) is 2.28. The van der Waals surface area contributed by atoms with Crippen LogP contribution in [0.1, 0.15) is 58.1 Å². The van der Waals surface area contributed by atoms with Gasteiger partial charge in [0.15, 0.2) is 12.2 Å². The van der Waals surface area contributed by atoms with E-state index in [1.165, 1.54) is 104 Å². The van der Waals surface area contributed by atoms with E-state index in [9.17, 15) is 42.7 Å². The molecule has 8 rings (SSSR count). The van der Waals surface area contributed by atoms with Crippen LogP contribution >= 0.6 is 0 Å². The fourth-order valence-corrected chi connectivity index (χ4v) is 7.49. The van der Waals surface area contributed by atoms with Crippen LogP contribution in [0, 0.1) is 11.6 Å². The van der Waals surface area contributed by atoms with Crippen molar-refractivity contribution in [2.75, 3.05) is 31.0 Å². The van der Waals surface area contributed by atoms with E-state index >= 15 is 0 Å². The number of esters is 4. The van der Waals surface area contributed by atoms with E-state index in [4.69, 9.17) is 33.2 Å². The lowest BCUT2D eigenvalue weighted by Crippen LogP contribution is -2.35.